The first-order valence-corrected chi connectivity index (χ1v) is 13.2. The van der Waals surface area contributed by atoms with Crippen molar-refractivity contribution in [1.29, 1.82) is 0 Å². The van der Waals surface area contributed by atoms with Gasteiger partial charge in [0, 0.05) is 16.9 Å². The molecule has 0 spiro atoms. The van der Waals surface area contributed by atoms with Crippen LogP contribution in [-0.4, -0.2) is 19.5 Å². The lowest BCUT2D eigenvalue weighted by atomic mass is 9.68. The lowest BCUT2D eigenvalue weighted by molar-refractivity contribution is -0.230. The molecule has 1 aromatic carbocycles. The number of ether oxygens (including phenoxy) is 2. The molecule has 0 atom stereocenters. The Morgan fingerprint density at radius 1 is 0.774 bits per heavy atom. The van der Waals surface area contributed by atoms with Crippen LogP contribution in [0, 0.1) is 29.6 Å². The number of aryl methyl sites for hydroxylation is 1. The third kappa shape index (κ3) is 6.83. The first-order valence-electron chi connectivity index (χ1n) is 12.8. The minimum absolute atomic E-state index is 0.0598. The molecule has 3 heteroatoms. The standard InChI is InChI=1S/C28H41ClO2/c1-2-3-4-23-19-30-28(31-20-23)26-15-13-25(14-16-26)24-11-7-21(8-12-24)5-6-22-9-17-27(29)18-10-22/h2,9-10,17-18,21,23-26,28H,1,3-8,11-16,19-20H2. The topological polar surface area (TPSA) is 18.5 Å². The Kier molecular flexibility index (Phi) is 8.93. The fourth-order valence-electron chi connectivity index (χ4n) is 6.21. The van der Waals surface area contributed by atoms with Crippen molar-refractivity contribution in [1.82, 2.24) is 0 Å². The van der Waals surface area contributed by atoms with Crippen molar-refractivity contribution in [2.24, 2.45) is 29.6 Å². The van der Waals surface area contributed by atoms with E-state index in [2.05, 4.69) is 18.7 Å². The number of allylic oxidation sites excluding steroid dienone is 1. The van der Waals surface area contributed by atoms with E-state index >= 15 is 0 Å². The molecule has 31 heavy (non-hydrogen) atoms. The zero-order chi connectivity index (χ0) is 21.5. The summed E-state index contributed by atoms with van der Waals surface area (Å²) in [7, 11) is 0. The van der Waals surface area contributed by atoms with Crippen molar-refractivity contribution < 1.29 is 9.47 Å². The summed E-state index contributed by atoms with van der Waals surface area (Å²) in [5.41, 5.74) is 1.43. The van der Waals surface area contributed by atoms with Crippen molar-refractivity contribution in [2.45, 2.75) is 83.3 Å². The van der Waals surface area contributed by atoms with E-state index in [1.165, 1.54) is 69.8 Å². The van der Waals surface area contributed by atoms with Crippen molar-refractivity contribution in [3.63, 3.8) is 0 Å². The van der Waals surface area contributed by atoms with E-state index in [4.69, 9.17) is 21.1 Å². The molecule has 2 saturated carbocycles. The van der Waals surface area contributed by atoms with E-state index in [0.29, 0.717) is 11.8 Å². The Morgan fingerprint density at radius 3 is 1.97 bits per heavy atom. The summed E-state index contributed by atoms with van der Waals surface area (Å²) < 4.78 is 12.3. The molecule has 2 aliphatic carbocycles. The molecule has 1 heterocycles. The highest BCUT2D eigenvalue weighted by Crippen LogP contribution is 2.43. The summed E-state index contributed by atoms with van der Waals surface area (Å²) in [4.78, 5) is 0. The predicted octanol–water partition coefficient (Wildman–Crippen LogP) is 7.84. The average Bonchev–Trinajstić information content (AvgIpc) is 2.83. The monoisotopic (exact) mass is 444 g/mol. The maximum atomic E-state index is 6.13. The van der Waals surface area contributed by atoms with Crippen LogP contribution in [0.15, 0.2) is 36.9 Å². The third-order valence-electron chi connectivity index (χ3n) is 8.29. The molecule has 1 aliphatic heterocycles. The highest BCUT2D eigenvalue weighted by Gasteiger charge is 2.35. The van der Waals surface area contributed by atoms with Crippen LogP contribution >= 0.6 is 11.6 Å². The van der Waals surface area contributed by atoms with Crippen LogP contribution in [-0.2, 0) is 15.9 Å². The van der Waals surface area contributed by atoms with Gasteiger partial charge in [0.05, 0.1) is 13.2 Å². The van der Waals surface area contributed by atoms with Crippen LogP contribution in [0.2, 0.25) is 5.02 Å². The number of halogens is 1. The second-order valence-corrected chi connectivity index (χ2v) is 10.8. The van der Waals surface area contributed by atoms with E-state index in [9.17, 15) is 0 Å². The van der Waals surface area contributed by atoms with Gasteiger partial charge in [-0.25, -0.2) is 0 Å². The summed E-state index contributed by atoms with van der Waals surface area (Å²) in [5, 5.41) is 0.841. The lowest BCUT2D eigenvalue weighted by Crippen LogP contribution is -2.39. The van der Waals surface area contributed by atoms with E-state index in [-0.39, 0.29) is 6.29 Å². The van der Waals surface area contributed by atoms with E-state index in [0.717, 1.165) is 48.8 Å². The minimum atomic E-state index is 0.0598. The molecule has 0 N–H and O–H groups in total. The molecule has 0 aromatic heterocycles. The largest absolute Gasteiger partial charge is 0.352 e. The Bertz CT molecular complexity index is 648. The van der Waals surface area contributed by atoms with Gasteiger partial charge in [-0.3, -0.25) is 0 Å². The van der Waals surface area contributed by atoms with E-state index in [1.807, 2.05) is 18.2 Å². The van der Waals surface area contributed by atoms with Crippen molar-refractivity contribution >= 4 is 11.6 Å². The summed E-state index contributed by atoms with van der Waals surface area (Å²) in [6.45, 7) is 5.57. The van der Waals surface area contributed by atoms with Crippen LogP contribution in [0.5, 0.6) is 0 Å². The van der Waals surface area contributed by atoms with Gasteiger partial charge in [0.2, 0.25) is 0 Å². The van der Waals surface area contributed by atoms with Crippen LogP contribution < -0.4 is 0 Å². The average molecular weight is 445 g/mol. The van der Waals surface area contributed by atoms with Crippen molar-refractivity contribution in [2.75, 3.05) is 13.2 Å². The van der Waals surface area contributed by atoms with Crippen LogP contribution in [0.3, 0.4) is 0 Å². The second kappa shape index (κ2) is 11.9. The third-order valence-corrected chi connectivity index (χ3v) is 8.54. The maximum absolute atomic E-state index is 6.13. The van der Waals surface area contributed by atoms with E-state index in [1.54, 1.807) is 0 Å². The van der Waals surface area contributed by atoms with Gasteiger partial charge in [-0.05, 0) is 99.7 Å². The summed E-state index contributed by atoms with van der Waals surface area (Å²) in [6.07, 6.45) is 17.9. The second-order valence-electron chi connectivity index (χ2n) is 10.4. The summed E-state index contributed by atoms with van der Waals surface area (Å²) in [5.74, 6) is 4.00. The van der Waals surface area contributed by atoms with Crippen molar-refractivity contribution in [3.8, 4) is 0 Å². The SMILES string of the molecule is C=CCCC1COC(C2CCC(C3CCC(CCc4ccc(Cl)cc4)CC3)CC2)OC1. The Balaban J connectivity index is 1.12. The Morgan fingerprint density at radius 2 is 1.35 bits per heavy atom. The first kappa shape index (κ1) is 23.3. The molecule has 1 aromatic rings. The molecular weight excluding hydrogens is 404 g/mol. The number of benzene rings is 1. The molecule has 0 radical (unpaired) electrons. The molecule has 1 saturated heterocycles. The number of hydrogen-bond acceptors (Lipinski definition) is 2. The minimum Gasteiger partial charge on any atom is -0.352 e. The predicted molar refractivity (Wildman–Crippen MR) is 129 cm³/mol. The molecular formula is C28H41ClO2. The molecule has 0 amide bonds. The Hall–Kier alpha value is -0.830. The Labute approximate surface area is 194 Å². The van der Waals surface area contributed by atoms with E-state index < -0.39 is 0 Å². The van der Waals surface area contributed by atoms with Gasteiger partial charge in [-0.15, -0.1) is 6.58 Å². The van der Waals surface area contributed by atoms with Gasteiger partial charge in [-0.2, -0.15) is 0 Å². The highest BCUT2D eigenvalue weighted by molar-refractivity contribution is 6.30. The molecule has 3 fully saturated rings. The molecule has 2 nitrogen and oxygen atoms in total. The zero-order valence-electron chi connectivity index (χ0n) is 19.2. The molecule has 4 rings (SSSR count). The fourth-order valence-corrected chi connectivity index (χ4v) is 6.34. The van der Waals surface area contributed by atoms with Crippen LogP contribution in [0.25, 0.3) is 0 Å². The van der Waals surface area contributed by atoms with Crippen LogP contribution in [0.4, 0.5) is 0 Å². The fraction of sp³-hybridized carbons (Fsp3) is 0.714. The van der Waals surface area contributed by atoms with Gasteiger partial charge < -0.3 is 9.47 Å². The molecule has 0 unspecified atom stereocenters. The molecule has 3 aliphatic rings. The van der Waals surface area contributed by atoms with Crippen molar-refractivity contribution in [3.05, 3.63) is 47.5 Å². The van der Waals surface area contributed by atoms with Gasteiger partial charge >= 0.3 is 0 Å². The van der Waals surface area contributed by atoms with Gasteiger partial charge in [0.15, 0.2) is 6.29 Å². The smallest absolute Gasteiger partial charge is 0.160 e. The summed E-state index contributed by atoms with van der Waals surface area (Å²) >= 11 is 6.01. The normalized spacial score (nSPS) is 34.4. The maximum Gasteiger partial charge on any atom is 0.160 e. The number of rotatable bonds is 8. The van der Waals surface area contributed by atoms with Gasteiger partial charge in [-0.1, -0.05) is 42.7 Å². The lowest BCUT2D eigenvalue weighted by Gasteiger charge is -2.41. The number of hydrogen-bond donors (Lipinski definition) is 0. The highest BCUT2D eigenvalue weighted by atomic mass is 35.5. The zero-order valence-corrected chi connectivity index (χ0v) is 19.9. The van der Waals surface area contributed by atoms with Crippen LogP contribution in [0.1, 0.15) is 76.2 Å². The van der Waals surface area contributed by atoms with Gasteiger partial charge in [0.1, 0.15) is 0 Å². The molecule has 172 valence electrons. The van der Waals surface area contributed by atoms with Gasteiger partial charge in [0.25, 0.3) is 0 Å². The molecule has 0 bridgehead atoms. The quantitative estimate of drug-likeness (QED) is 0.380. The first-order chi connectivity index (χ1) is 15.2. The summed E-state index contributed by atoms with van der Waals surface area (Å²) in [6, 6.07) is 8.42.